The molecule has 0 spiro atoms. The minimum absolute atomic E-state index is 0.0422. The van der Waals surface area contributed by atoms with Crippen LogP contribution in [-0.2, 0) is 17.6 Å². The summed E-state index contributed by atoms with van der Waals surface area (Å²) in [4.78, 5) is 22.1. The predicted octanol–water partition coefficient (Wildman–Crippen LogP) is 5.93. The second-order valence-corrected chi connectivity index (χ2v) is 8.67. The van der Waals surface area contributed by atoms with Crippen LogP contribution in [0.3, 0.4) is 0 Å². The van der Waals surface area contributed by atoms with Crippen LogP contribution in [0.4, 0.5) is 5.82 Å². The number of phenols is 1. The molecular formula is C27H31N3O2. The minimum Gasteiger partial charge on any atom is -0.508 e. The van der Waals surface area contributed by atoms with Gasteiger partial charge in [0.15, 0.2) is 5.82 Å². The molecule has 1 saturated carbocycles. The molecule has 1 aromatic heterocycles. The maximum Gasteiger partial charge on any atom is 0.225 e. The lowest BCUT2D eigenvalue weighted by Crippen LogP contribution is -2.16. The quantitative estimate of drug-likeness (QED) is 0.465. The molecule has 32 heavy (non-hydrogen) atoms. The molecule has 5 heteroatoms. The first kappa shape index (κ1) is 22.0. The normalized spacial score (nSPS) is 14.2. The highest BCUT2D eigenvalue weighted by Gasteiger charge is 2.17. The highest BCUT2D eigenvalue weighted by molar-refractivity contribution is 5.90. The third-order valence-corrected chi connectivity index (χ3v) is 6.26. The van der Waals surface area contributed by atoms with Gasteiger partial charge in [-0.3, -0.25) is 4.79 Å². The number of aryl methyl sites for hydroxylation is 2. The average molecular weight is 430 g/mol. The Kier molecular flexibility index (Phi) is 7.49. The Balaban J connectivity index is 1.48. The second-order valence-electron chi connectivity index (χ2n) is 8.67. The molecule has 0 bridgehead atoms. The van der Waals surface area contributed by atoms with Crippen molar-refractivity contribution in [2.45, 2.75) is 57.8 Å². The number of anilines is 1. The topological polar surface area (TPSA) is 75.1 Å². The van der Waals surface area contributed by atoms with E-state index < -0.39 is 0 Å². The molecule has 2 N–H and O–H groups in total. The SMILES string of the molecule is O=C(CCc1ccccc1)Nc1ncc(-c2ccc(O)cc2)nc1CCC1CCCCC1. The van der Waals surface area contributed by atoms with Gasteiger partial charge in [0.05, 0.1) is 17.6 Å². The van der Waals surface area contributed by atoms with E-state index in [1.165, 1.54) is 32.1 Å². The van der Waals surface area contributed by atoms with Crippen LogP contribution in [0, 0.1) is 5.92 Å². The molecule has 5 nitrogen and oxygen atoms in total. The van der Waals surface area contributed by atoms with Gasteiger partial charge in [0.1, 0.15) is 5.75 Å². The molecule has 0 aliphatic heterocycles. The third kappa shape index (κ3) is 6.16. The Morgan fingerprint density at radius 1 is 0.969 bits per heavy atom. The standard InChI is InChI=1S/C27H31N3O2/c31-23-15-13-22(14-16-23)25-19-28-27(24(29-25)17-11-20-7-3-1-4-8-20)30-26(32)18-12-21-9-5-2-6-10-21/h2,5-6,9-10,13-16,19-20,31H,1,3-4,7-8,11-12,17-18H2,(H,28,30,32). The summed E-state index contributed by atoms with van der Waals surface area (Å²) in [5.74, 6) is 1.48. The van der Waals surface area contributed by atoms with Crippen LogP contribution < -0.4 is 5.32 Å². The lowest BCUT2D eigenvalue weighted by atomic mass is 9.86. The number of nitrogens with zero attached hydrogens (tertiary/aromatic N) is 2. The summed E-state index contributed by atoms with van der Waals surface area (Å²) in [6, 6.07) is 17.0. The van der Waals surface area contributed by atoms with Crippen LogP contribution in [0.25, 0.3) is 11.3 Å². The van der Waals surface area contributed by atoms with Gasteiger partial charge in [-0.25, -0.2) is 9.97 Å². The van der Waals surface area contributed by atoms with Crippen molar-refractivity contribution >= 4 is 11.7 Å². The Labute approximate surface area is 189 Å². The van der Waals surface area contributed by atoms with Crippen molar-refractivity contribution in [1.29, 1.82) is 0 Å². The van der Waals surface area contributed by atoms with E-state index in [0.717, 1.165) is 41.3 Å². The summed E-state index contributed by atoms with van der Waals surface area (Å²) in [6.07, 6.45) is 11.2. The lowest BCUT2D eigenvalue weighted by Gasteiger charge is -2.21. The van der Waals surface area contributed by atoms with Crippen LogP contribution in [0.2, 0.25) is 0 Å². The van der Waals surface area contributed by atoms with Gasteiger partial charge in [-0.1, -0.05) is 62.4 Å². The molecule has 0 saturated heterocycles. The number of carbonyl (C=O) groups is 1. The van der Waals surface area contributed by atoms with Crippen molar-refractivity contribution in [2.24, 2.45) is 5.92 Å². The first-order chi connectivity index (χ1) is 15.7. The predicted molar refractivity (Wildman–Crippen MR) is 127 cm³/mol. The fourth-order valence-corrected chi connectivity index (χ4v) is 4.39. The molecule has 3 aromatic rings. The van der Waals surface area contributed by atoms with Crippen LogP contribution >= 0.6 is 0 Å². The van der Waals surface area contributed by atoms with Crippen molar-refractivity contribution in [3.05, 3.63) is 72.1 Å². The maximum atomic E-state index is 12.6. The van der Waals surface area contributed by atoms with E-state index in [-0.39, 0.29) is 11.7 Å². The Hall–Kier alpha value is -3.21. The molecule has 1 aliphatic rings. The summed E-state index contributed by atoms with van der Waals surface area (Å²) in [7, 11) is 0. The maximum absolute atomic E-state index is 12.6. The first-order valence-electron chi connectivity index (χ1n) is 11.7. The van der Waals surface area contributed by atoms with Crippen molar-refractivity contribution in [3.63, 3.8) is 0 Å². The number of hydrogen-bond donors (Lipinski definition) is 2. The highest BCUT2D eigenvalue weighted by Crippen LogP contribution is 2.29. The van der Waals surface area contributed by atoms with Crippen LogP contribution in [0.5, 0.6) is 5.75 Å². The summed E-state index contributed by atoms with van der Waals surface area (Å²) in [5.41, 5.74) is 3.64. The fourth-order valence-electron chi connectivity index (χ4n) is 4.39. The third-order valence-electron chi connectivity index (χ3n) is 6.26. The minimum atomic E-state index is -0.0422. The zero-order valence-electron chi connectivity index (χ0n) is 18.5. The summed E-state index contributed by atoms with van der Waals surface area (Å²) in [5, 5.41) is 12.6. The van der Waals surface area contributed by atoms with E-state index in [9.17, 15) is 9.90 Å². The van der Waals surface area contributed by atoms with Gasteiger partial charge >= 0.3 is 0 Å². The number of benzene rings is 2. The average Bonchev–Trinajstić information content (AvgIpc) is 2.84. The Bertz CT molecular complexity index is 1010. The van der Waals surface area contributed by atoms with Crippen molar-refractivity contribution < 1.29 is 9.90 Å². The molecule has 4 rings (SSSR count). The molecule has 1 heterocycles. The van der Waals surface area contributed by atoms with Gasteiger partial charge < -0.3 is 10.4 Å². The molecule has 0 atom stereocenters. The van der Waals surface area contributed by atoms with Gasteiger partial charge in [0.2, 0.25) is 5.91 Å². The van der Waals surface area contributed by atoms with Crippen molar-refractivity contribution in [1.82, 2.24) is 9.97 Å². The van der Waals surface area contributed by atoms with Gasteiger partial charge in [-0.05, 0) is 55.0 Å². The van der Waals surface area contributed by atoms with E-state index in [2.05, 4.69) is 10.3 Å². The zero-order valence-corrected chi connectivity index (χ0v) is 18.5. The van der Waals surface area contributed by atoms with E-state index >= 15 is 0 Å². The molecule has 1 amide bonds. The number of aromatic hydroxyl groups is 1. The Morgan fingerprint density at radius 2 is 1.72 bits per heavy atom. The second kappa shape index (κ2) is 10.9. The van der Waals surface area contributed by atoms with Crippen molar-refractivity contribution in [2.75, 3.05) is 5.32 Å². The summed E-state index contributed by atoms with van der Waals surface area (Å²) >= 11 is 0. The van der Waals surface area contributed by atoms with Crippen LogP contribution in [0.1, 0.15) is 56.2 Å². The molecule has 0 radical (unpaired) electrons. The largest absolute Gasteiger partial charge is 0.508 e. The first-order valence-corrected chi connectivity index (χ1v) is 11.7. The highest BCUT2D eigenvalue weighted by atomic mass is 16.3. The van der Waals surface area contributed by atoms with Crippen LogP contribution in [0.15, 0.2) is 60.8 Å². The lowest BCUT2D eigenvalue weighted by molar-refractivity contribution is -0.116. The molecule has 0 unspecified atom stereocenters. The molecular weight excluding hydrogens is 398 g/mol. The number of phenolic OH excluding ortho intramolecular Hbond substituents is 1. The van der Waals surface area contributed by atoms with Crippen LogP contribution in [-0.4, -0.2) is 21.0 Å². The molecule has 1 aliphatic carbocycles. The van der Waals surface area contributed by atoms with E-state index in [1.54, 1.807) is 18.3 Å². The van der Waals surface area contributed by atoms with Gasteiger partial charge in [0.25, 0.3) is 0 Å². The monoisotopic (exact) mass is 429 g/mol. The number of amides is 1. The van der Waals surface area contributed by atoms with Crippen molar-refractivity contribution in [3.8, 4) is 17.0 Å². The fraction of sp³-hybridized carbons (Fsp3) is 0.370. The Morgan fingerprint density at radius 3 is 2.47 bits per heavy atom. The van der Waals surface area contributed by atoms with E-state index in [1.807, 2.05) is 42.5 Å². The van der Waals surface area contributed by atoms with E-state index in [0.29, 0.717) is 18.7 Å². The molecule has 1 fully saturated rings. The molecule has 2 aromatic carbocycles. The molecule has 166 valence electrons. The number of rotatable bonds is 8. The van der Waals surface area contributed by atoms with Gasteiger partial charge in [-0.2, -0.15) is 0 Å². The zero-order chi connectivity index (χ0) is 22.2. The van der Waals surface area contributed by atoms with Gasteiger partial charge in [0, 0.05) is 12.0 Å². The van der Waals surface area contributed by atoms with E-state index in [4.69, 9.17) is 4.98 Å². The number of hydrogen-bond acceptors (Lipinski definition) is 4. The summed E-state index contributed by atoms with van der Waals surface area (Å²) < 4.78 is 0. The smallest absolute Gasteiger partial charge is 0.225 e. The number of carbonyl (C=O) groups excluding carboxylic acids is 1. The number of nitrogens with one attached hydrogen (secondary N) is 1. The van der Waals surface area contributed by atoms with Gasteiger partial charge in [-0.15, -0.1) is 0 Å². The summed E-state index contributed by atoms with van der Waals surface area (Å²) in [6.45, 7) is 0. The number of aromatic nitrogens is 2.